The van der Waals surface area contributed by atoms with Crippen LogP contribution in [0.25, 0.3) is 0 Å². The summed E-state index contributed by atoms with van der Waals surface area (Å²) in [4.78, 5) is 0. The summed E-state index contributed by atoms with van der Waals surface area (Å²) in [5.74, 6) is 1.47. The van der Waals surface area contributed by atoms with E-state index >= 15 is 0 Å². The van der Waals surface area contributed by atoms with Crippen LogP contribution in [-0.4, -0.2) is 0 Å². The van der Waals surface area contributed by atoms with Gasteiger partial charge in [-0.3, -0.25) is 0 Å². The normalized spacial score (nSPS) is 19.4. The Morgan fingerprint density at radius 3 is 1.00 bits per heavy atom. The van der Waals surface area contributed by atoms with Crippen molar-refractivity contribution < 1.29 is 0 Å². The molecule has 1 rings (SSSR count). The van der Waals surface area contributed by atoms with E-state index in [0.29, 0.717) is 0 Å². The van der Waals surface area contributed by atoms with Crippen molar-refractivity contribution in [2.75, 3.05) is 0 Å². The van der Waals surface area contributed by atoms with Gasteiger partial charge >= 0.3 is 0 Å². The lowest BCUT2D eigenvalue weighted by Gasteiger charge is -2.31. The smallest absolute Gasteiger partial charge is 0.0253 e. The van der Waals surface area contributed by atoms with Gasteiger partial charge in [0, 0.05) is 5.92 Å². The molecule has 0 fully saturated rings. The van der Waals surface area contributed by atoms with E-state index in [-0.39, 0.29) is 16.2 Å². The fourth-order valence-electron chi connectivity index (χ4n) is 2.18. The molecule has 0 aliphatic heterocycles. The topological polar surface area (TPSA) is 0 Å². The van der Waals surface area contributed by atoms with Crippen molar-refractivity contribution in [3.63, 3.8) is 0 Å². The number of allylic oxidation sites excluding steroid dienone is 4. The quantitative estimate of drug-likeness (QED) is 0.513. The van der Waals surface area contributed by atoms with Gasteiger partial charge in [-0.1, -0.05) is 74.5 Å². The van der Waals surface area contributed by atoms with Gasteiger partial charge in [0.15, 0.2) is 0 Å². The van der Waals surface area contributed by atoms with Crippen molar-refractivity contribution in [3.8, 4) is 0 Å². The molecule has 0 unspecified atom stereocenters. The summed E-state index contributed by atoms with van der Waals surface area (Å²) in [6.45, 7) is 20.7. The summed E-state index contributed by atoms with van der Waals surface area (Å²) < 4.78 is 0. The SMILES string of the molecule is CC(C)(C)[C]1C=C(C(C)(C)C)C(C(C)(C)C)=C1. The molecule has 0 N–H and O–H groups in total. The Balaban J connectivity index is 3.24. The zero-order chi connectivity index (χ0) is 13.6. The molecule has 0 aromatic heterocycles. The highest BCUT2D eigenvalue weighted by molar-refractivity contribution is 5.54. The van der Waals surface area contributed by atoms with Gasteiger partial charge in [-0.25, -0.2) is 0 Å². The van der Waals surface area contributed by atoms with Crippen LogP contribution in [0, 0.1) is 22.2 Å². The Hall–Kier alpha value is -0.520. The van der Waals surface area contributed by atoms with E-state index in [1.807, 2.05) is 0 Å². The van der Waals surface area contributed by atoms with Crippen LogP contribution in [0.5, 0.6) is 0 Å². The molecule has 0 nitrogen and oxygen atoms in total. The summed E-state index contributed by atoms with van der Waals surface area (Å²) in [5.41, 5.74) is 3.71. The van der Waals surface area contributed by atoms with Crippen molar-refractivity contribution in [2.45, 2.75) is 62.3 Å². The Kier molecular flexibility index (Phi) is 3.42. The van der Waals surface area contributed by atoms with E-state index in [1.165, 1.54) is 17.1 Å². The predicted molar refractivity (Wildman–Crippen MR) is 77.8 cm³/mol. The largest absolute Gasteiger partial charge is 0.0688 e. The van der Waals surface area contributed by atoms with Crippen LogP contribution in [-0.2, 0) is 0 Å². The lowest BCUT2D eigenvalue weighted by atomic mass is 9.74. The first-order valence-corrected chi connectivity index (χ1v) is 6.65. The Bertz CT molecular complexity index is 315. The maximum absolute atomic E-state index is 2.42. The van der Waals surface area contributed by atoms with Gasteiger partial charge in [-0.15, -0.1) is 0 Å². The molecule has 0 spiro atoms. The first-order valence-electron chi connectivity index (χ1n) is 6.65. The summed E-state index contributed by atoms with van der Waals surface area (Å²) >= 11 is 0. The maximum Gasteiger partial charge on any atom is 0.0253 e. The van der Waals surface area contributed by atoms with Crippen LogP contribution in [0.3, 0.4) is 0 Å². The highest BCUT2D eigenvalue weighted by atomic mass is 14.4. The fraction of sp³-hybridized carbons (Fsp3) is 0.706. The van der Waals surface area contributed by atoms with Gasteiger partial charge in [0.05, 0.1) is 0 Å². The summed E-state index contributed by atoms with van der Waals surface area (Å²) in [5, 5.41) is 0. The van der Waals surface area contributed by atoms with Gasteiger partial charge in [0.1, 0.15) is 0 Å². The third-order valence-corrected chi connectivity index (χ3v) is 3.37. The maximum atomic E-state index is 2.42. The van der Waals surface area contributed by atoms with Crippen molar-refractivity contribution in [2.24, 2.45) is 16.2 Å². The molecule has 1 aliphatic carbocycles. The molecule has 0 aromatic carbocycles. The van der Waals surface area contributed by atoms with Crippen LogP contribution in [0.15, 0.2) is 23.3 Å². The fourth-order valence-corrected chi connectivity index (χ4v) is 2.18. The van der Waals surface area contributed by atoms with E-state index in [0.717, 1.165) is 0 Å². The van der Waals surface area contributed by atoms with E-state index in [1.54, 1.807) is 0 Å². The zero-order valence-electron chi connectivity index (χ0n) is 13.2. The highest BCUT2D eigenvalue weighted by Gasteiger charge is 2.36. The van der Waals surface area contributed by atoms with Gasteiger partial charge < -0.3 is 0 Å². The molecule has 1 aliphatic rings. The molecule has 1 radical (unpaired) electrons. The van der Waals surface area contributed by atoms with Gasteiger partial charge in [0.2, 0.25) is 0 Å². The molecule has 0 bridgehead atoms. The molecular weight excluding hydrogens is 204 g/mol. The minimum absolute atomic E-state index is 0.228. The minimum atomic E-state index is 0.228. The molecule has 0 saturated heterocycles. The van der Waals surface area contributed by atoms with Gasteiger partial charge in [-0.2, -0.15) is 0 Å². The molecule has 0 saturated carbocycles. The molecule has 0 heteroatoms. The van der Waals surface area contributed by atoms with Crippen LogP contribution < -0.4 is 0 Å². The second-order valence-corrected chi connectivity index (χ2v) is 8.32. The van der Waals surface area contributed by atoms with Crippen molar-refractivity contribution >= 4 is 0 Å². The first kappa shape index (κ1) is 14.5. The van der Waals surface area contributed by atoms with Crippen LogP contribution in [0.2, 0.25) is 0 Å². The Morgan fingerprint density at radius 2 is 0.824 bits per heavy atom. The average molecular weight is 233 g/mol. The summed E-state index contributed by atoms with van der Waals surface area (Å²) in [6.07, 6.45) is 4.83. The Morgan fingerprint density at radius 1 is 0.529 bits per heavy atom. The second-order valence-electron chi connectivity index (χ2n) is 8.32. The van der Waals surface area contributed by atoms with Crippen molar-refractivity contribution in [3.05, 3.63) is 29.2 Å². The molecular formula is C17H29. The second kappa shape index (κ2) is 4.00. The van der Waals surface area contributed by atoms with E-state index in [2.05, 4.69) is 74.5 Å². The minimum Gasteiger partial charge on any atom is -0.0688 e. The first-order chi connectivity index (χ1) is 7.33. The van der Waals surface area contributed by atoms with Crippen molar-refractivity contribution in [1.82, 2.24) is 0 Å². The third kappa shape index (κ3) is 3.24. The number of hydrogen-bond acceptors (Lipinski definition) is 0. The molecule has 17 heavy (non-hydrogen) atoms. The summed E-state index contributed by atoms with van der Waals surface area (Å²) in [7, 11) is 0. The molecule has 0 amide bonds. The van der Waals surface area contributed by atoms with E-state index in [4.69, 9.17) is 0 Å². The lowest BCUT2D eigenvalue weighted by molar-refractivity contribution is 0.449. The standard InChI is InChI=1S/C17H29/c1-15(2,3)12-10-13(16(4,5)6)14(11-12)17(7,8)9/h10-11H,1-9H3. The predicted octanol–water partition coefficient (Wildman–Crippen LogP) is 5.57. The van der Waals surface area contributed by atoms with Crippen LogP contribution >= 0.6 is 0 Å². The van der Waals surface area contributed by atoms with Gasteiger partial charge in [0.25, 0.3) is 0 Å². The third-order valence-electron chi connectivity index (χ3n) is 3.37. The lowest BCUT2D eigenvalue weighted by Crippen LogP contribution is -2.18. The Labute approximate surface area is 108 Å². The van der Waals surface area contributed by atoms with Crippen LogP contribution in [0.1, 0.15) is 62.3 Å². The van der Waals surface area contributed by atoms with Crippen LogP contribution in [0.4, 0.5) is 0 Å². The zero-order valence-corrected chi connectivity index (χ0v) is 13.2. The molecule has 0 heterocycles. The monoisotopic (exact) mass is 233 g/mol. The number of rotatable bonds is 0. The van der Waals surface area contributed by atoms with Gasteiger partial charge in [-0.05, 0) is 27.4 Å². The van der Waals surface area contributed by atoms with Crippen molar-refractivity contribution in [1.29, 1.82) is 0 Å². The molecule has 0 aromatic rings. The molecule has 0 atom stereocenters. The van der Waals surface area contributed by atoms with E-state index < -0.39 is 0 Å². The average Bonchev–Trinajstić information content (AvgIpc) is 2.42. The molecule has 97 valence electrons. The summed E-state index contributed by atoms with van der Waals surface area (Å²) in [6, 6.07) is 0. The van der Waals surface area contributed by atoms with E-state index in [9.17, 15) is 0 Å². The highest BCUT2D eigenvalue weighted by Crippen LogP contribution is 2.49. The number of hydrogen-bond donors (Lipinski definition) is 0.